The van der Waals surface area contributed by atoms with Gasteiger partial charge < -0.3 is 9.84 Å². The number of hydrogen-bond donors (Lipinski definition) is 1. The Labute approximate surface area is 113 Å². The van der Waals surface area contributed by atoms with E-state index in [4.69, 9.17) is 4.74 Å². The largest absolute Gasteiger partial charge is 0.378 e. The maximum Gasteiger partial charge on any atom is 0.138 e. The second-order valence-electron chi connectivity index (χ2n) is 4.72. The summed E-state index contributed by atoms with van der Waals surface area (Å²) in [6, 6.07) is 19.5. The molecule has 2 atom stereocenters. The summed E-state index contributed by atoms with van der Waals surface area (Å²) in [5, 5.41) is 11.0. The Balaban J connectivity index is 2.06. The predicted octanol–water partition coefficient (Wildman–Crippen LogP) is 3.20. The highest BCUT2D eigenvalue weighted by Crippen LogP contribution is 2.41. The van der Waals surface area contributed by atoms with E-state index in [0.29, 0.717) is 6.61 Å². The van der Waals surface area contributed by atoms with Gasteiger partial charge >= 0.3 is 0 Å². The van der Waals surface area contributed by atoms with Gasteiger partial charge in [-0.15, -0.1) is 0 Å². The van der Waals surface area contributed by atoms with Crippen molar-refractivity contribution in [2.45, 2.75) is 11.7 Å². The maximum absolute atomic E-state index is 11.0. The first-order valence-corrected chi connectivity index (χ1v) is 6.43. The van der Waals surface area contributed by atoms with Crippen molar-refractivity contribution in [3.8, 4) is 0 Å². The number of benzene rings is 2. The molecule has 2 nitrogen and oxygen atoms in total. The predicted molar refractivity (Wildman–Crippen MR) is 74.6 cm³/mol. The molecule has 0 unspecified atom stereocenters. The molecule has 1 aliphatic rings. The smallest absolute Gasteiger partial charge is 0.138 e. The Kier molecular flexibility index (Phi) is 3.20. The molecular formula is C17H16O2. The van der Waals surface area contributed by atoms with Gasteiger partial charge in [-0.1, -0.05) is 66.7 Å². The molecule has 96 valence electrons. The molecule has 1 N–H and O–H groups in total. The average Bonchev–Trinajstić information content (AvgIpc) is 2.49. The quantitative estimate of drug-likeness (QED) is 0.832. The molecule has 0 spiro atoms. The normalized spacial score (nSPS) is 26.3. The van der Waals surface area contributed by atoms with Crippen molar-refractivity contribution in [3.05, 3.63) is 83.9 Å². The summed E-state index contributed by atoms with van der Waals surface area (Å²) in [4.78, 5) is 0. The molecule has 0 amide bonds. The van der Waals surface area contributed by atoms with Gasteiger partial charge in [0, 0.05) is 0 Å². The molecular weight excluding hydrogens is 236 g/mol. The first kappa shape index (κ1) is 12.2. The lowest BCUT2D eigenvalue weighted by atomic mass is 9.83. The third-order valence-electron chi connectivity index (χ3n) is 3.47. The molecule has 0 radical (unpaired) electrons. The van der Waals surface area contributed by atoms with Crippen LogP contribution in [0.3, 0.4) is 0 Å². The lowest BCUT2D eigenvalue weighted by Gasteiger charge is -2.37. The third kappa shape index (κ3) is 2.21. The van der Waals surface area contributed by atoms with Crippen LogP contribution in [-0.4, -0.2) is 11.7 Å². The van der Waals surface area contributed by atoms with Gasteiger partial charge in [-0.25, -0.2) is 0 Å². The minimum atomic E-state index is -1.11. The monoisotopic (exact) mass is 252 g/mol. The van der Waals surface area contributed by atoms with Crippen LogP contribution in [0.2, 0.25) is 0 Å². The second kappa shape index (κ2) is 5.00. The van der Waals surface area contributed by atoms with E-state index >= 15 is 0 Å². The van der Waals surface area contributed by atoms with Crippen molar-refractivity contribution in [1.29, 1.82) is 0 Å². The maximum atomic E-state index is 11.0. The van der Waals surface area contributed by atoms with Crippen LogP contribution in [0.25, 0.3) is 0 Å². The molecule has 3 rings (SSSR count). The summed E-state index contributed by atoms with van der Waals surface area (Å²) < 4.78 is 5.80. The zero-order valence-electron chi connectivity index (χ0n) is 10.6. The van der Waals surface area contributed by atoms with E-state index < -0.39 is 5.60 Å². The van der Waals surface area contributed by atoms with E-state index in [0.717, 1.165) is 11.1 Å². The molecule has 1 aliphatic heterocycles. The molecule has 2 heteroatoms. The van der Waals surface area contributed by atoms with Crippen molar-refractivity contribution < 1.29 is 9.84 Å². The lowest BCUT2D eigenvalue weighted by molar-refractivity contribution is -0.0910. The molecule has 19 heavy (non-hydrogen) atoms. The number of rotatable bonds is 2. The van der Waals surface area contributed by atoms with Crippen LogP contribution in [-0.2, 0) is 10.3 Å². The second-order valence-corrected chi connectivity index (χ2v) is 4.72. The first-order valence-electron chi connectivity index (χ1n) is 6.43. The van der Waals surface area contributed by atoms with Crippen LogP contribution < -0.4 is 0 Å². The van der Waals surface area contributed by atoms with Gasteiger partial charge in [0.1, 0.15) is 11.7 Å². The zero-order valence-corrected chi connectivity index (χ0v) is 10.6. The summed E-state index contributed by atoms with van der Waals surface area (Å²) in [6.07, 6.45) is 3.33. The lowest BCUT2D eigenvalue weighted by Crippen LogP contribution is -2.35. The fourth-order valence-electron chi connectivity index (χ4n) is 2.52. The minimum Gasteiger partial charge on any atom is -0.378 e. The molecule has 0 aliphatic carbocycles. The molecule has 0 saturated carbocycles. The van der Waals surface area contributed by atoms with E-state index in [9.17, 15) is 5.11 Å². The number of aliphatic hydroxyl groups is 1. The molecule has 1 heterocycles. The highest BCUT2D eigenvalue weighted by Gasteiger charge is 2.39. The van der Waals surface area contributed by atoms with Crippen molar-refractivity contribution in [2.75, 3.05) is 6.61 Å². The molecule has 0 aromatic heterocycles. The van der Waals surface area contributed by atoms with E-state index in [1.807, 2.05) is 72.8 Å². The van der Waals surface area contributed by atoms with Gasteiger partial charge in [0.25, 0.3) is 0 Å². The van der Waals surface area contributed by atoms with Gasteiger partial charge in [-0.3, -0.25) is 0 Å². The fourth-order valence-corrected chi connectivity index (χ4v) is 2.52. The molecule has 0 saturated heterocycles. The molecule has 2 aromatic rings. The van der Waals surface area contributed by atoms with Gasteiger partial charge in [0.15, 0.2) is 0 Å². The summed E-state index contributed by atoms with van der Waals surface area (Å²) in [5.41, 5.74) is 0.721. The fraction of sp³-hybridized carbons (Fsp3) is 0.176. The van der Waals surface area contributed by atoms with E-state index in [2.05, 4.69) is 0 Å². The third-order valence-corrected chi connectivity index (χ3v) is 3.47. The average molecular weight is 252 g/mol. The highest BCUT2D eigenvalue weighted by atomic mass is 16.5. The Bertz CT molecular complexity index is 562. The van der Waals surface area contributed by atoms with Gasteiger partial charge in [0.2, 0.25) is 0 Å². The molecule has 0 bridgehead atoms. The summed E-state index contributed by atoms with van der Waals surface area (Å²) >= 11 is 0. The van der Waals surface area contributed by atoms with Gasteiger partial charge in [0.05, 0.1) is 6.61 Å². The van der Waals surface area contributed by atoms with Crippen LogP contribution in [0.5, 0.6) is 0 Å². The first-order chi connectivity index (χ1) is 9.31. The van der Waals surface area contributed by atoms with E-state index in [1.54, 1.807) is 0 Å². The topological polar surface area (TPSA) is 29.5 Å². The Morgan fingerprint density at radius 1 is 0.947 bits per heavy atom. The standard InChI is InChI=1S/C17H16O2/c18-17(15-10-5-2-6-11-15)12-7-13-19-16(17)14-8-3-1-4-9-14/h1-12,16,18H,13H2/t16-,17+/m1/s1. The van der Waals surface area contributed by atoms with Crippen LogP contribution in [0.1, 0.15) is 17.2 Å². The van der Waals surface area contributed by atoms with Crippen molar-refractivity contribution in [3.63, 3.8) is 0 Å². The SMILES string of the molecule is O[C@]1(c2ccccc2)C=CCO[C@@H]1c1ccccc1. The van der Waals surface area contributed by atoms with Crippen LogP contribution in [0, 0.1) is 0 Å². The summed E-state index contributed by atoms with van der Waals surface area (Å²) in [6.45, 7) is 0.523. The van der Waals surface area contributed by atoms with Gasteiger partial charge in [-0.2, -0.15) is 0 Å². The Morgan fingerprint density at radius 2 is 1.58 bits per heavy atom. The molecule has 2 aromatic carbocycles. The Morgan fingerprint density at radius 3 is 2.26 bits per heavy atom. The summed E-state index contributed by atoms with van der Waals surface area (Å²) in [5.74, 6) is 0. The van der Waals surface area contributed by atoms with Crippen molar-refractivity contribution in [2.24, 2.45) is 0 Å². The van der Waals surface area contributed by atoms with E-state index in [-0.39, 0.29) is 6.10 Å². The zero-order chi connectivity index (χ0) is 13.1. The van der Waals surface area contributed by atoms with E-state index in [1.165, 1.54) is 0 Å². The van der Waals surface area contributed by atoms with Crippen LogP contribution in [0.4, 0.5) is 0 Å². The molecule has 0 fully saturated rings. The minimum absolute atomic E-state index is 0.374. The van der Waals surface area contributed by atoms with Gasteiger partial charge in [-0.05, 0) is 17.2 Å². The highest BCUT2D eigenvalue weighted by molar-refractivity contribution is 5.35. The number of hydrogen-bond acceptors (Lipinski definition) is 2. The number of ether oxygens (including phenoxy) is 1. The van der Waals surface area contributed by atoms with Crippen molar-refractivity contribution >= 4 is 0 Å². The van der Waals surface area contributed by atoms with Crippen molar-refractivity contribution in [1.82, 2.24) is 0 Å². The van der Waals surface area contributed by atoms with Crippen LogP contribution in [0.15, 0.2) is 72.8 Å². The Hall–Kier alpha value is -1.90. The summed E-state index contributed by atoms with van der Waals surface area (Å²) in [7, 11) is 0. The van der Waals surface area contributed by atoms with Crippen LogP contribution >= 0.6 is 0 Å².